The fourth-order valence-corrected chi connectivity index (χ4v) is 2.54. The van der Waals surface area contributed by atoms with Gasteiger partial charge in [-0.3, -0.25) is 4.90 Å². The lowest BCUT2D eigenvalue weighted by Gasteiger charge is -2.36. The summed E-state index contributed by atoms with van der Waals surface area (Å²) in [5.41, 5.74) is -0.204. The molecule has 3 nitrogen and oxygen atoms in total. The lowest BCUT2D eigenvalue weighted by molar-refractivity contribution is -0.149. The zero-order chi connectivity index (χ0) is 15.6. The van der Waals surface area contributed by atoms with Gasteiger partial charge in [0, 0.05) is 19.6 Å². The first-order chi connectivity index (χ1) is 9.26. The Labute approximate surface area is 120 Å². The minimum absolute atomic E-state index is 0.0621. The van der Waals surface area contributed by atoms with E-state index in [9.17, 15) is 13.2 Å². The van der Waals surface area contributed by atoms with Crippen LogP contribution in [0, 0.1) is 5.41 Å². The first-order valence-corrected chi connectivity index (χ1v) is 7.37. The topological polar surface area (TPSA) is 35.5 Å². The number of nitrogens with one attached hydrogen (secondary N) is 1. The van der Waals surface area contributed by atoms with Gasteiger partial charge in [-0.15, -0.1) is 0 Å². The third kappa shape index (κ3) is 9.55. The summed E-state index contributed by atoms with van der Waals surface area (Å²) >= 11 is 0. The highest BCUT2D eigenvalue weighted by atomic mass is 19.4. The van der Waals surface area contributed by atoms with Crippen molar-refractivity contribution in [2.75, 3.05) is 39.3 Å². The highest BCUT2D eigenvalue weighted by molar-refractivity contribution is 4.81. The van der Waals surface area contributed by atoms with Gasteiger partial charge in [0.15, 0.2) is 0 Å². The molecule has 122 valence electrons. The Morgan fingerprint density at radius 3 is 2.20 bits per heavy atom. The molecule has 0 fully saturated rings. The molecule has 20 heavy (non-hydrogen) atoms. The van der Waals surface area contributed by atoms with E-state index in [1.54, 1.807) is 0 Å². The molecule has 0 aliphatic carbocycles. The molecule has 0 radical (unpaired) electrons. The van der Waals surface area contributed by atoms with Gasteiger partial charge in [-0.1, -0.05) is 27.2 Å². The van der Waals surface area contributed by atoms with Crippen LogP contribution in [0.3, 0.4) is 0 Å². The maximum absolute atomic E-state index is 12.6. The maximum atomic E-state index is 12.6. The van der Waals surface area contributed by atoms with Crippen LogP contribution in [0.25, 0.3) is 0 Å². The Hall–Kier alpha value is -0.330. The number of aliphatic hydroxyl groups is 1. The van der Waals surface area contributed by atoms with Crippen LogP contribution in [-0.4, -0.2) is 55.5 Å². The van der Waals surface area contributed by atoms with Crippen molar-refractivity contribution in [1.82, 2.24) is 10.2 Å². The standard InChI is InChI=1S/C14H29F3N2O/c1-4-6-13(3,10-18-7-5-2)11-19(8-9-20)12-14(15,16)17/h18,20H,4-12H2,1-3H3. The van der Waals surface area contributed by atoms with Gasteiger partial charge < -0.3 is 10.4 Å². The number of rotatable bonds is 11. The van der Waals surface area contributed by atoms with Crippen molar-refractivity contribution >= 4 is 0 Å². The highest BCUT2D eigenvalue weighted by Crippen LogP contribution is 2.26. The van der Waals surface area contributed by atoms with E-state index in [1.807, 2.05) is 13.8 Å². The van der Waals surface area contributed by atoms with Crippen molar-refractivity contribution in [2.45, 2.75) is 46.2 Å². The molecule has 0 aromatic heterocycles. The zero-order valence-electron chi connectivity index (χ0n) is 12.9. The minimum Gasteiger partial charge on any atom is -0.395 e. The molecule has 0 aromatic carbocycles. The number of alkyl halides is 3. The molecule has 0 bridgehead atoms. The number of hydrogen-bond acceptors (Lipinski definition) is 3. The summed E-state index contributed by atoms with van der Waals surface area (Å²) in [7, 11) is 0. The molecular weight excluding hydrogens is 269 g/mol. The summed E-state index contributed by atoms with van der Waals surface area (Å²) in [6, 6.07) is 0. The first kappa shape index (κ1) is 19.7. The summed E-state index contributed by atoms with van der Waals surface area (Å²) < 4.78 is 37.7. The average Bonchev–Trinajstić information content (AvgIpc) is 2.27. The van der Waals surface area contributed by atoms with Crippen molar-refractivity contribution < 1.29 is 18.3 Å². The number of hydrogen-bond donors (Lipinski definition) is 2. The fraction of sp³-hybridized carbons (Fsp3) is 1.00. The molecule has 0 spiro atoms. The van der Waals surface area contributed by atoms with Crippen LogP contribution in [0.5, 0.6) is 0 Å². The van der Waals surface area contributed by atoms with E-state index in [2.05, 4.69) is 12.2 Å². The number of halogens is 3. The van der Waals surface area contributed by atoms with Crippen molar-refractivity contribution in [3.8, 4) is 0 Å². The predicted molar refractivity (Wildman–Crippen MR) is 75.8 cm³/mol. The van der Waals surface area contributed by atoms with E-state index in [4.69, 9.17) is 5.11 Å². The molecule has 0 aromatic rings. The highest BCUT2D eigenvalue weighted by Gasteiger charge is 2.34. The normalized spacial score (nSPS) is 15.6. The van der Waals surface area contributed by atoms with Crippen LogP contribution < -0.4 is 5.32 Å². The second-order valence-electron chi connectivity index (χ2n) is 5.79. The van der Waals surface area contributed by atoms with Crippen LogP contribution in [0.1, 0.15) is 40.0 Å². The van der Waals surface area contributed by atoms with E-state index < -0.39 is 12.7 Å². The molecule has 0 aliphatic rings. The second kappa shape index (κ2) is 9.58. The van der Waals surface area contributed by atoms with E-state index in [0.717, 1.165) is 25.8 Å². The van der Waals surface area contributed by atoms with Gasteiger partial charge in [0.2, 0.25) is 0 Å². The minimum atomic E-state index is -4.22. The van der Waals surface area contributed by atoms with Gasteiger partial charge in [-0.25, -0.2) is 0 Å². The van der Waals surface area contributed by atoms with Crippen LogP contribution in [0.2, 0.25) is 0 Å². The van der Waals surface area contributed by atoms with Gasteiger partial charge in [-0.05, 0) is 24.8 Å². The van der Waals surface area contributed by atoms with E-state index >= 15 is 0 Å². The smallest absolute Gasteiger partial charge is 0.395 e. The Morgan fingerprint density at radius 1 is 1.10 bits per heavy atom. The summed E-state index contributed by atoms with van der Waals surface area (Å²) in [6.07, 6.45) is -1.42. The van der Waals surface area contributed by atoms with Crippen LogP contribution in [-0.2, 0) is 0 Å². The van der Waals surface area contributed by atoms with Crippen molar-refractivity contribution in [1.29, 1.82) is 0 Å². The third-order valence-corrected chi connectivity index (χ3v) is 3.26. The summed E-state index contributed by atoms with van der Waals surface area (Å²) in [4.78, 5) is 1.31. The Bertz CT molecular complexity index is 249. The predicted octanol–water partition coefficient (Wildman–Crippen LogP) is 2.65. The number of nitrogens with zero attached hydrogens (tertiary/aromatic N) is 1. The Balaban J connectivity index is 4.61. The van der Waals surface area contributed by atoms with Gasteiger partial charge >= 0.3 is 6.18 Å². The number of aliphatic hydroxyl groups excluding tert-OH is 1. The van der Waals surface area contributed by atoms with Gasteiger partial charge in [-0.2, -0.15) is 13.2 Å². The van der Waals surface area contributed by atoms with Crippen LogP contribution in [0.15, 0.2) is 0 Å². The summed E-state index contributed by atoms with van der Waals surface area (Å²) in [5.74, 6) is 0. The lowest BCUT2D eigenvalue weighted by Crippen LogP contribution is -2.46. The maximum Gasteiger partial charge on any atom is 0.401 e. The monoisotopic (exact) mass is 298 g/mol. The first-order valence-electron chi connectivity index (χ1n) is 7.37. The summed E-state index contributed by atoms with van der Waals surface area (Å²) in [6.45, 7) is 6.89. The molecule has 6 heteroatoms. The van der Waals surface area contributed by atoms with Crippen LogP contribution >= 0.6 is 0 Å². The van der Waals surface area contributed by atoms with Crippen LogP contribution in [0.4, 0.5) is 13.2 Å². The molecule has 0 aliphatic heterocycles. The van der Waals surface area contributed by atoms with Gasteiger partial charge in [0.25, 0.3) is 0 Å². The second-order valence-corrected chi connectivity index (χ2v) is 5.79. The SMILES string of the molecule is CCCNCC(C)(CCC)CN(CCO)CC(F)(F)F. The molecule has 0 saturated carbocycles. The van der Waals surface area contributed by atoms with Crippen molar-refractivity contribution in [2.24, 2.45) is 5.41 Å². The van der Waals surface area contributed by atoms with E-state index in [0.29, 0.717) is 13.1 Å². The molecule has 0 amide bonds. The largest absolute Gasteiger partial charge is 0.401 e. The molecule has 1 unspecified atom stereocenters. The zero-order valence-corrected chi connectivity index (χ0v) is 12.9. The molecule has 0 rings (SSSR count). The molecule has 0 saturated heterocycles. The summed E-state index contributed by atoms with van der Waals surface area (Å²) in [5, 5.41) is 12.3. The molecule has 1 atom stereocenters. The van der Waals surface area contributed by atoms with Gasteiger partial charge in [0.05, 0.1) is 13.2 Å². The van der Waals surface area contributed by atoms with Gasteiger partial charge in [0.1, 0.15) is 0 Å². The fourth-order valence-electron chi connectivity index (χ4n) is 2.54. The van der Waals surface area contributed by atoms with E-state index in [-0.39, 0.29) is 18.6 Å². The van der Waals surface area contributed by atoms with Crippen molar-refractivity contribution in [3.63, 3.8) is 0 Å². The molecule has 2 N–H and O–H groups in total. The Kier molecular flexibility index (Phi) is 9.42. The third-order valence-electron chi connectivity index (χ3n) is 3.26. The van der Waals surface area contributed by atoms with E-state index in [1.165, 1.54) is 4.90 Å². The lowest BCUT2D eigenvalue weighted by atomic mass is 9.84. The quantitative estimate of drug-likeness (QED) is 0.576. The Morgan fingerprint density at radius 2 is 1.75 bits per heavy atom. The molecular formula is C14H29F3N2O. The average molecular weight is 298 g/mol. The van der Waals surface area contributed by atoms with Crippen molar-refractivity contribution in [3.05, 3.63) is 0 Å². The molecule has 0 heterocycles.